The first-order chi connectivity index (χ1) is 12.6. The molecular formula is C21H39NO4Si. The molecule has 0 unspecified atom stereocenters. The molecule has 1 saturated carbocycles. The summed E-state index contributed by atoms with van der Waals surface area (Å²) in [7, 11) is -1.82. The van der Waals surface area contributed by atoms with E-state index in [0.29, 0.717) is 38.5 Å². The van der Waals surface area contributed by atoms with Gasteiger partial charge in [-0.2, -0.15) is 0 Å². The van der Waals surface area contributed by atoms with Gasteiger partial charge in [0.25, 0.3) is 0 Å². The van der Waals surface area contributed by atoms with Crippen molar-refractivity contribution >= 4 is 20.2 Å². The van der Waals surface area contributed by atoms with Crippen LogP contribution in [0.3, 0.4) is 0 Å². The number of amides is 1. The number of carbonyl (C=O) groups is 2. The van der Waals surface area contributed by atoms with Crippen LogP contribution in [0, 0.1) is 5.92 Å². The molecule has 0 N–H and O–H groups in total. The molecule has 2 fully saturated rings. The molecule has 6 heteroatoms. The van der Waals surface area contributed by atoms with E-state index in [1.54, 1.807) is 0 Å². The molecule has 1 aliphatic heterocycles. The highest BCUT2D eigenvalue weighted by Gasteiger charge is 2.39. The first-order valence-corrected chi connectivity index (χ1v) is 13.6. The number of ether oxygens (including phenoxy) is 1. The lowest BCUT2D eigenvalue weighted by Gasteiger charge is -2.38. The maximum absolute atomic E-state index is 12.2. The topological polar surface area (TPSA) is 55.8 Å². The van der Waals surface area contributed by atoms with E-state index in [4.69, 9.17) is 9.16 Å². The van der Waals surface area contributed by atoms with Gasteiger partial charge in [-0.1, -0.05) is 46.5 Å². The summed E-state index contributed by atoms with van der Waals surface area (Å²) in [6.45, 7) is 12.5. The Morgan fingerprint density at radius 2 is 1.85 bits per heavy atom. The maximum Gasteiger partial charge on any atom is 0.305 e. The molecular weight excluding hydrogens is 358 g/mol. The zero-order valence-electron chi connectivity index (χ0n) is 18.0. The zero-order chi connectivity index (χ0) is 20.1. The van der Waals surface area contributed by atoms with E-state index in [2.05, 4.69) is 33.9 Å². The van der Waals surface area contributed by atoms with E-state index in [1.807, 2.05) is 4.90 Å². The third-order valence-corrected chi connectivity index (χ3v) is 11.2. The molecule has 0 aromatic carbocycles. The fourth-order valence-corrected chi connectivity index (χ4v) is 4.79. The molecule has 2 rings (SSSR count). The summed E-state index contributed by atoms with van der Waals surface area (Å²) in [6.07, 6.45) is 7.98. The molecule has 0 spiro atoms. The zero-order valence-corrected chi connectivity index (χ0v) is 19.0. The van der Waals surface area contributed by atoms with Gasteiger partial charge in [0.15, 0.2) is 8.32 Å². The van der Waals surface area contributed by atoms with Crippen molar-refractivity contribution in [3.05, 3.63) is 0 Å². The predicted molar refractivity (Wildman–Crippen MR) is 110 cm³/mol. The summed E-state index contributed by atoms with van der Waals surface area (Å²) in [5.41, 5.74) is 0. The van der Waals surface area contributed by atoms with Crippen LogP contribution in [-0.2, 0) is 18.8 Å². The summed E-state index contributed by atoms with van der Waals surface area (Å²) >= 11 is 0. The quantitative estimate of drug-likeness (QED) is 0.424. The van der Waals surface area contributed by atoms with Crippen molar-refractivity contribution in [1.82, 2.24) is 4.90 Å². The van der Waals surface area contributed by atoms with Crippen molar-refractivity contribution < 1.29 is 18.8 Å². The molecule has 0 aromatic heterocycles. The molecule has 1 heterocycles. The highest BCUT2D eigenvalue weighted by Crippen LogP contribution is 2.37. The van der Waals surface area contributed by atoms with Crippen molar-refractivity contribution in [1.29, 1.82) is 0 Å². The minimum atomic E-state index is -1.82. The van der Waals surface area contributed by atoms with Crippen LogP contribution in [0.15, 0.2) is 0 Å². The van der Waals surface area contributed by atoms with Crippen molar-refractivity contribution in [3.8, 4) is 0 Å². The molecule has 1 saturated heterocycles. The number of hydrogen-bond donors (Lipinski definition) is 0. The summed E-state index contributed by atoms with van der Waals surface area (Å²) < 4.78 is 11.7. The third kappa shape index (κ3) is 6.59. The fourth-order valence-electron chi connectivity index (χ4n) is 3.75. The molecule has 2 aliphatic rings. The molecule has 156 valence electrons. The Labute approximate surface area is 166 Å². The monoisotopic (exact) mass is 397 g/mol. The lowest BCUT2D eigenvalue weighted by molar-refractivity contribution is -0.146. The van der Waals surface area contributed by atoms with Gasteiger partial charge in [0.05, 0.1) is 19.2 Å². The summed E-state index contributed by atoms with van der Waals surface area (Å²) in [4.78, 5) is 26.0. The van der Waals surface area contributed by atoms with Crippen molar-refractivity contribution in [2.24, 2.45) is 5.92 Å². The second-order valence-electron chi connectivity index (χ2n) is 9.76. The summed E-state index contributed by atoms with van der Waals surface area (Å²) in [6, 6.07) is 0.115. The predicted octanol–water partition coefficient (Wildman–Crippen LogP) is 4.51. The number of rotatable bonds is 9. The smallest absolute Gasteiger partial charge is 0.305 e. The van der Waals surface area contributed by atoms with Crippen molar-refractivity contribution in [3.63, 3.8) is 0 Å². The largest absolute Gasteiger partial charge is 0.464 e. The number of carbonyl (C=O) groups excluding carboxylic acids is 2. The van der Waals surface area contributed by atoms with Gasteiger partial charge in [0, 0.05) is 12.8 Å². The van der Waals surface area contributed by atoms with Crippen LogP contribution in [0.25, 0.3) is 0 Å². The fraction of sp³-hybridized carbons (Fsp3) is 0.905. The van der Waals surface area contributed by atoms with E-state index in [9.17, 15) is 9.59 Å². The molecule has 1 aliphatic carbocycles. The van der Waals surface area contributed by atoms with Gasteiger partial charge in [-0.15, -0.1) is 0 Å². The minimum Gasteiger partial charge on any atom is -0.464 e. The van der Waals surface area contributed by atoms with E-state index in [1.165, 1.54) is 25.7 Å². The normalized spacial score (nSPS) is 21.9. The van der Waals surface area contributed by atoms with Crippen molar-refractivity contribution in [2.75, 3.05) is 19.8 Å². The van der Waals surface area contributed by atoms with Crippen LogP contribution in [-0.4, -0.2) is 50.9 Å². The van der Waals surface area contributed by atoms with E-state index in [0.717, 1.165) is 12.8 Å². The van der Waals surface area contributed by atoms with E-state index >= 15 is 0 Å². The van der Waals surface area contributed by atoms with Crippen LogP contribution < -0.4 is 0 Å². The number of nitrogens with zero attached hydrogens (tertiary/aromatic N) is 1. The summed E-state index contributed by atoms with van der Waals surface area (Å²) in [5, 5.41) is 0.162. The lowest BCUT2D eigenvalue weighted by Crippen LogP contribution is -2.46. The molecule has 0 radical (unpaired) electrons. The molecule has 0 bridgehead atoms. The molecule has 0 aromatic rings. The van der Waals surface area contributed by atoms with Crippen molar-refractivity contribution in [2.45, 2.75) is 96.3 Å². The SMILES string of the molecule is CC(C)(C)[Si](C)(C)OC[C@H]1CCC(=O)N1CCOC(=O)CCC1CCCC1. The minimum absolute atomic E-state index is 0.115. The average molecular weight is 398 g/mol. The van der Waals surface area contributed by atoms with Gasteiger partial charge in [-0.25, -0.2) is 0 Å². The van der Waals surface area contributed by atoms with Gasteiger partial charge in [-0.05, 0) is 36.9 Å². The van der Waals surface area contributed by atoms with E-state index < -0.39 is 8.32 Å². The average Bonchev–Trinajstić information content (AvgIpc) is 3.21. The Balaban J connectivity index is 1.71. The Kier molecular flexibility index (Phi) is 7.92. The lowest BCUT2D eigenvalue weighted by atomic mass is 10.0. The Bertz CT molecular complexity index is 509. The first-order valence-electron chi connectivity index (χ1n) is 10.7. The number of likely N-dealkylation sites (tertiary alicyclic amines) is 1. The second-order valence-corrected chi connectivity index (χ2v) is 14.6. The Morgan fingerprint density at radius 3 is 2.48 bits per heavy atom. The van der Waals surface area contributed by atoms with Crippen LogP contribution in [0.1, 0.15) is 72.1 Å². The van der Waals surface area contributed by atoms with Crippen LogP contribution >= 0.6 is 0 Å². The number of esters is 1. The van der Waals surface area contributed by atoms with Crippen LogP contribution in [0.2, 0.25) is 18.1 Å². The van der Waals surface area contributed by atoms with E-state index in [-0.39, 0.29) is 23.0 Å². The van der Waals surface area contributed by atoms with Crippen LogP contribution in [0.4, 0.5) is 0 Å². The molecule has 1 amide bonds. The van der Waals surface area contributed by atoms with Gasteiger partial charge < -0.3 is 14.1 Å². The first kappa shape index (κ1) is 22.4. The molecule has 1 atom stereocenters. The van der Waals surface area contributed by atoms with Crippen LogP contribution in [0.5, 0.6) is 0 Å². The van der Waals surface area contributed by atoms with Gasteiger partial charge in [0.1, 0.15) is 6.61 Å². The maximum atomic E-state index is 12.2. The molecule has 5 nitrogen and oxygen atoms in total. The van der Waals surface area contributed by atoms with Gasteiger partial charge in [-0.3, -0.25) is 9.59 Å². The summed E-state index contributed by atoms with van der Waals surface area (Å²) in [5.74, 6) is 0.734. The number of hydrogen-bond acceptors (Lipinski definition) is 4. The van der Waals surface area contributed by atoms with Gasteiger partial charge >= 0.3 is 5.97 Å². The second kappa shape index (κ2) is 9.55. The Hall–Kier alpha value is -0.883. The highest BCUT2D eigenvalue weighted by atomic mass is 28.4. The van der Waals surface area contributed by atoms with Gasteiger partial charge in [0.2, 0.25) is 5.91 Å². The Morgan fingerprint density at radius 1 is 1.19 bits per heavy atom. The third-order valence-electron chi connectivity index (χ3n) is 6.72. The standard InChI is InChI=1S/C21H39NO4Si/c1-21(2,3)27(4,5)26-16-18-11-12-19(23)22(18)14-15-25-20(24)13-10-17-8-6-7-9-17/h17-18H,6-16H2,1-5H3/t18-/m1/s1. The highest BCUT2D eigenvalue weighted by molar-refractivity contribution is 6.74. The molecule has 27 heavy (non-hydrogen) atoms.